The van der Waals surface area contributed by atoms with Crippen LogP contribution < -0.4 is 0 Å². The van der Waals surface area contributed by atoms with E-state index in [1.54, 1.807) is 0 Å². The van der Waals surface area contributed by atoms with Gasteiger partial charge in [-0.1, -0.05) is 38.1 Å². The zero-order valence-corrected chi connectivity index (χ0v) is 11.1. The third kappa shape index (κ3) is 3.54. The van der Waals surface area contributed by atoms with Gasteiger partial charge in [0.15, 0.2) is 0 Å². The summed E-state index contributed by atoms with van der Waals surface area (Å²) in [7, 11) is 0. The van der Waals surface area contributed by atoms with Crippen molar-refractivity contribution in [3.63, 3.8) is 0 Å². The Morgan fingerprint density at radius 1 is 1.11 bits per heavy atom. The minimum atomic E-state index is -0.210. The third-order valence-electron chi connectivity index (χ3n) is 3.13. The van der Waals surface area contributed by atoms with E-state index in [2.05, 4.69) is 37.0 Å². The van der Waals surface area contributed by atoms with Crippen molar-refractivity contribution in [1.82, 2.24) is 4.98 Å². The van der Waals surface area contributed by atoms with Crippen LogP contribution in [0.5, 0.6) is 0 Å². The number of pyridine rings is 1. The van der Waals surface area contributed by atoms with Crippen molar-refractivity contribution in [2.75, 3.05) is 0 Å². The first-order valence-corrected chi connectivity index (χ1v) is 6.68. The molecule has 1 aromatic heterocycles. The van der Waals surface area contributed by atoms with Crippen molar-refractivity contribution in [3.05, 3.63) is 42.1 Å². The Hall–Kier alpha value is -1.41. The van der Waals surface area contributed by atoms with Gasteiger partial charge in [-0.05, 0) is 37.3 Å². The summed E-state index contributed by atoms with van der Waals surface area (Å²) < 4.78 is 0. The first-order valence-electron chi connectivity index (χ1n) is 6.68. The number of benzene rings is 1. The van der Waals surface area contributed by atoms with E-state index in [1.165, 1.54) is 5.39 Å². The molecule has 0 aliphatic carbocycles. The van der Waals surface area contributed by atoms with Crippen molar-refractivity contribution in [2.24, 2.45) is 5.92 Å². The number of hydrogen-bond acceptors (Lipinski definition) is 2. The molecule has 1 unspecified atom stereocenters. The van der Waals surface area contributed by atoms with E-state index in [1.807, 2.05) is 18.2 Å². The van der Waals surface area contributed by atoms with Gasteiger partial charge in [0.2, 0.25) is 0 Å². The van der Waals surface area contributed by atoms with Crippen molar-refractivity contribution < 1.29 is 5.11 Å². The Kier molecular flexibility index (Phi) is 4.32. The second-order valence-electron chi connectivity index (χ2n) is 5.32. The first-order chi connectivity index (χ1) is 8.65. The van der Waals surface area contributed by atoms with Gasteiger partial charge >= 0.3 is 0 Å². The van der Waals surface area contributed by atoms with Crippen LogP contribution in [0.1, 0.15) is 32.4 Å². The number of aliphatic hydroxyl groups excluding tert-OH is 1. The summed E-state index contributed by atoms with van der Waals surface area (Å²) in [5.41, 5.74) is 2.10. The lowest BCUT2D eigenvalue weighted by molar-refractivity contribution is 0.139. The normalized spacial score (nSPS) is 13.1. The molecule has 2 aromatic rings. The topological polar surface area (TPSA) is 33.1 Å². The maximum atomic E-state index is 9.87. The van der Waals surface area contributed by atoms with Crippen LogP contribution in [0.4, 0.5) is 0 Å². The molecule has 0 saturated heterocycles. The monoisotopic (exact) mass is 243 g/mol. The fourth-order valence-corrected chi connectivity index (χ4v) is 2.22. The van der Waals surface area contributed by atoms with Crippen LogP contribution in [0.3, 0.4) is 0 Å². The predicted octanol–water partition coefficient (Wildman–Crippen LogP) is 3.57. The Morgan fingerprint density at radius 2 is 1.89 bits per heavy atom. The smallest absolute Gasteiger partial charge is 0.0705 e. The molecule has 96 valence electrons. The largest absolute Gasteiger partial charge is 0.393 e. The van der Waals surface area contributed by atoms with Crippen LogP contribution in [0, 0.1) is 5.92 Å². The number of rotatable bonds is 5. The summed E-state index contributed by atoms with van der Waals surface area (Å²) in [4.78, 5) is 4.62. The summed E-state index contributed by atoms with van der Waals surface area (Å²) in [6, 6.07) is 12.3. The SMILES string of the molecule is CC(C)CC(O)CCc1ccc2ccccc2n1. The maximum absolute atomic E-state index is 9.87. The van der Waals surface area contributed by atoms with Gasteiger partial charge in [0.1, 0.15) is 0 Å². The lowest BCUT2D eigenvalue weighted by Crippen LogP contribution is -2.11. The molecule has 0 aliphatic rings. The molecule has 0 spiro atoms. The van der Waals surface area contributed by atoms with E-state index >= 15 is 0 Å². The van der Waals surface area contributed by atoms with Gasteiger partial charge in [0, 0.05) is 11.1 Å². The molecule has 18 heavy (non-hydrogen) atoms. The highest BCUT2D eigenvalue weighted by Crippen LogP contribution is 2.15. The number of para-hydroxylation sites is 1. The van der Waals surface area contributed by atoms with Crippen molar-refractivity contribution in [1.29, 1.82) is 0 Å². The fourth-order valence-electron chi connectivity index (χ4n) is 2.22. The Morgan fingerprint density at radius 3 is 2.67 bits per heavy atom. The van der Waals surface area contributed by atoms with Crippen LogP contribution in [0.25, 0.3) is 10.9 Å². The van der Waals surface area contributed by atoms with Crippen molar-refractivity contribution in [2.45, 2.75) is 39.2 Å². The van der Waals surface area contributed by atoms with Crippen LogP contribution in [0.2, 0.25) is 0 Å². The Balaban J connectivity index is 1.99. The zero-order valence-electron chi connectivity index (χ0n) is 11.1. The molecule has 0 aliphatic heterocycles. The van der Waals surface area contributed by atoms with Gasteiger partial charge in [0.25, 0.3) is 0 Å². The number of aromatic nitrogens is 1. The molecular formula is C16H21NO. The van der Waals surface area contributed by atoms with E-state index in [9.17, 15) is 5.11 Å². The molecule has 2 rings (SSSR count). The lowest BCUT2D eigenvalue weighted by Gasteiger charge is -2.12. The molecule has 1 aromatic carbocycles. The summed E-state index contributed by atoms with van der Waals surface area (Å²) >= 11 is 0. The minimum absolute atomic E-state index is 0.210. The highest BCUT2D eigenvalue weighted by Gasteiger charge is 2.07. The standard InChI is InChI=1S/C16H21NO/c1-12(2)11-15(18)10-9-14-8-7-13-5-3-4-6-16(13)17-14/h3-8,12,15,18H,9-11H2,1-2H3. The maximum Gasteiger partial charge on any atom is 0.0705 e. The van der Waals surface area contributed by atoms with E-state index in [0.29, 0.717) is 5.92 Å². The molecule has 2 nitrogen and oxygen atoms in total. The molecule has 1 atom stereocenters. The molecule has 0 amide bonds. The predicted molar refractivity (Wildman–Crippen MR) is 75.5 cm³/mol. The van der Waals surface area contributed by atoms with Crippen molar-refractivity contribution in [3.8, 4) is 0 Å². The average Bonchev–Trinajstić information content (AvgIpc) is 2.35. The number of aryl methyl sites for hydroxylation is 1. The van der Waals surface area contributed by atoms with Gasteiger partial charge in [-0.2, -0.15) is 0 Å². The summed E-state index contributed by atoms with van der Waals surface area (Å²) in [5.74, 6) is 0.546. The van der Waals surface area contributed by atoms with E-state index in [-0.39, 0.29) is 6.10 Å². The van der Waals surface area contributed by atoms with Crippen LogP contribution >= 0.6 is 0 Å². The summed E-state index contributed by atoms with van der Waals surface area (Å²) in [6.45, 7) is 4.27. The number of nitrogens with zero attached hydrogens (tertiary/aromatic N) is 1. The highest BCUT2D eigenvalue weighted by molar-refractivity contribution is 5.78. The van der Waals surface area contributed by atoms with E-state index in [4.69, 9.17) is 0 Å². The summed E-state index contributed by atoms with van der Waals surface area (Å²) in [6.07, 6.45) is 2.30. The Bertz CT molecular complexity index is 507. The number of aliphatic hydroxyl groups is 1. The minimum Gasteiger partial charge on any atom is -0.393 e. The number of hydrogen-bond donors (Lipinski definition) is 1. The van der Waals surface area contributed by atoms with Crippen molar-refractivity contribution >= 4 is 10.9 Å². The molecule has 0 fully saturated rings. The lowest BCUT2D eigenvalue weighted by atomic mass is 10.0. The fraction of sp³-hybridized carbons (Fsp3) is 0.438. The molecule has 1 N–H and O–H groups in total. The van der Waals surface area contributed by atoms with Crippen LogP contribution in [-0.2, 0) is 6.42 Å². The average molecular weight is 243 g/mol. The van der Waals surface area contributed by atoms with Crippen LogP contribution in [0.15, 0.2) is 36.4 Å². The quantitative estimate of drug-likeness (QED) is 0.870. The molecule has 1 heterocycles. The second-order valence-corrected chi connectivity index (χ2v) is 5.32. The second kappa shape index (κ2) is 5.96. The third-order valence-corrected chi connectivity index (χ3v) is 3.13. The summed E-state index contributed by atoms with van der Waals surface area (Å²) in [5, 5.41) is 11.0. The van der Waals surface area contributed by atoms with Gasteiger partial charge in [-0.15, -0.1) is 0 Å². The molecule has 0 bridgehead atoms. The van der Waals surface area contributed by atoms with Crippen LogP contribution in [-0.4, -0.2) is 16.2 Å². The highest BCUT2D eigenvalue weighted by atomic mass is 16.3. The molecule has 0 radical (unpaired) electrons. The van der Waals surface area contributed by atoms with Gasteiger partial charge < -0.3 is 5.11 Å². The van der Waals surface area contributed by atoms with Gasteiger partial charge in [-0.3, -0.25) is 4.98 Å². The van der Waals surface area contributed by atoms with Gasteiger partial charge in [-0.25, -0.2) is 0 Å². The molecule has 0 saturated carbocycles. The first kappa shape index (κ1) is 13.0. The molecular weight excluding hydrogens is 222 g/mol. The van der Waals surface area contributed by atoms with Gasteiger partial charge in [0.05, 0.1) is 11.6 Å². The zero-order chi connectivity index (χ0) is 13.0. The Labute approximate surface area is 109 Å². The van der Waals surface area contributed by atoms with E-state index < -0.39 is 0 Å². The molecule has 2 heteroatoms. The van der Waals surface area contributed by atoms with E-state index in [0.717, 1.165) is 30.5 Å². The number of fused-ring (bicyclic) bond motifs is 1.